The van der Waals surface area contributed by atoms with E-state index in [-0.39, 0.29) is 18.9 Å². The molecule has 2 amide bonds. The first-order chi connectivity index (χ1) is 10.5. The fourth-order valence-corrected chi connectivity index (χ4v) is 2.17. The van der Waals surface area contributed by atoms with E-state index in [1.165, 1.54) is 6.92 Å². The molecule has 118 valence electrons. The van der Waals surface area contributed by atoms with Gasteiger partial charge in [0.2, 0.25) is 5.91 Å². The maximum Gasteiger partial charge on any atom is 0.328 e. The van der Waals surface area contributed by atoms with Gasteiger partial charge in [0.1, 0.15) is 6.04 Å². The van der Waals surface area contributed by atoms with Crippen molar-refractivity contribution in [1.29, 1.82) is 0 Å². The van der Waals surface area contributed by atoms with Crippen LogP contribution in [0.25, 0.3) is 0 Å². The molecule has 1 fully saturated rings. The Labute approximate surface area is 127 Å². The Bertz CT molecular complexity index is 560. The number of rotatable bonds is 5. The summed E-state index contributed by atoms with van der Waals surface area (Å²) < 4.78 is 0. The van der Waals surface area contributed by atoms with Gasteiger partial charge in [-0.05, 0) is 12.5 Å². The van der Waals surface area contributed by atoms with Crippen LogP contribution in [-0.2, 0) is 25.6 Å². The van der Waals surface area contributed by atoms with Crippen molar-refractivity contribution in [3.63, 3.8) is 0 Å². The molecule has 1 heterocycles. The van der Waals surface area contributed by atoms with Crippen LogP contribution in [0.3, 0.4) is 0 Å². The smallest absolute Gasteiger partial charge is 0.328 e. The number of carboxylic acid groups (broad SMARTS) is 1. The SMILES string of the molecule is C[C@@H](C(=O)O)N1OCC[C@H](NC(=O)Cc2ccccc2)C1=O. The van der Waals surface area contributed by atoms with Gasteiger partial charge in [-0.3, -0.25) is 14.4 Å². The number of aliphatic carboxylic acids is 1. The highest BCUT2D eigenvalue weighted by Crippen LogP contribution is 2.13. The molecule has 1 saturated heterocycles. The summed E-state index contributed by atoms with van der Waals surface area (Å²) in [5.41, 5.74) is 0.843. The van der Waals surface area contributed by atoms with Gasteiger partial charge in [0, 0.05) is 6.42 Å². The number of nitrogens with zero attached hydrogens (tertiary/aromatic N) is 1. The number of carboxylic acids is 1. The van der Waals surface area contributed by atoms with Crippen molar-refractivity contribution >= 4 is 17.8 Å². The van der Waals surface area contributed by atoms with Crippen LogP contribution in [0.1, 0.15) is 18.9 Å². The first-order valence-corrected chi connectivity index (χ1v) is 7.01. The largest absolute Gasteiger partial charge is 0.480 e. The summed E-state index contributed by atoms with van der Waals surface area (Å²) in [4.78, 5) is 40.2. The zero-order valence-electron chi connectivity index (χ0n) is 12.2. The van der Waals surface area contributed by atoms with Gasteiger partial charge in [-0.15, -0.1) is 0 Å². The quantitative estimate of drug-likeness (QED) is 0.818. The van der Waals surface area contributed by atoms with Gasteiger partial charge < -0.3 is 10.4 Å². The number of hydroxylamine groups is 2. The highest BCUT2D eigenvalue weighted by Gasteiger charge is 2.36. The predicted molar refractivity (Wildman–Crippen MR) is 76.6 cm³/mol. The lowest BCUT2D eigenvalue weighted by Crippen LogP contribution is -2.56. The molecule has 0 bridgehead atoms. The number of benzene rings is 1. The monoisotopic (exact) mass is 306 g/mol. The molecule has 0 radical (unpaired) electrons. The summed E-state index contributed by atoms with van der Waals surface area (Å²) in [5, 5.41) is 12.4. The normalized spacial score (nSPS) is 19.6. The second-order valence-corrected chi connectivity index (χ2v) is 5.08. The highest BCUT2D eigenvalue weighted by molar-refractivity contribution is 5.90. The van der Waals surface area contributed by atoms with Crippen molar-refractivity contribution < 1.29 is 24.3 Å². The van der Waals surface area contributed by atoms with Crippen LogP contribution in [0, 0.1) is 0 Å². The maximum atomic E-state index is 12.2. The third-order valence-corrected chi connectivity index (χ3v) is 3.40. The first-order valence-electron chi connectivity index (χ1n) is 7.01. The lowest BCUT2D eigenvalue weighted by molar-refractivity contribution is -0.218. The van der Waals surface area contributed by atoms with Crippen molar-refractivity contribution in [2.75, 3.05) is 6.61 Å². The van der Waals surface area contributed by atoms with E-state index in [4.69, 9.17) is 9.94 Å². The van der Waals surface area contributed by atoms with E-state index in [2.05, 4.69) is 5.32 Å². The van der Waals surface area contributed by atoms with Gasteiger partial charge in [0.05, 0.1) is 13.0 Å². The molecule has 0 saturated carbocycles. The second kappa shape index (κ2) is 7.04. The summed E-state index contributed by atoms with van der Waals surface area (Å²) in [5.74, 6) is -1.98. The molecule has 0 unspecified atom stereocenters. The van der Waals surface area contributed by atoms with Gasteiger partial charge in [0.15, 0.2) is 6.04 Å². The van der Waals surface area contributed by atoms with Crippen molar-refractivity contribution in [1.82, 2.24) is 10.4 Å². The minimum Gasteiger partial charge on any atom is -0.480 e. The molecule has 7 nitrogen and oxygen atoms in total. The standard InChI is InChI=1S/C15H18N2O5/c1-10(15(20)21)17-14(19)12(7-8-22-17)16-13(18)9-11-5-3-2-4-6-11/h2-6,10,12H,7-9H2,1H3,(H,16,18)(H,20,21)/t10-,12-/m0/s1. The van der Waals surface area contributed by atoms with Crippen molar-refractivity contribution in [3.05, 3.63) is 35.9 Å². The predicted octanol–water partition coefficient (Wildman–Crippen LogP) is 0.351. The van der Waals surface area contributed by atoms with E-state index in [1.54, 1.807) is 0 Å². The molecule has 1 aliphatic rings. The molecule has 7 heteroatoms. The fourth-order valence-electron chi connectivity index (χ4n) is 2.17. The molecule has 22 heavy (non-hydrogen) atoms. The highest BCUT2D eigenvalue weighted by atomic mass is 16.7. The van der Waals surface area contributed by atoms with Crippen LogP contribution in [-0.4, -0.2) is 46.6 Å². The number of nitrogens with one attached hydrogen (secondary N) is 1. The number of hydrogen-bond acceptors (Lipinski definition) is 4. The molecule has 1 aliphatic heterocycles. The third-order valence-electron chi connectivity index (χ3n) is 3.40. The molecular weight excluding hydrogens is 288 g/mol. The minimum atomic E-state index is -1.16. The van der Waals surface area contributed by atoms with Gasteiger partial charge in [-0.1, -0.05) is 30.3 Å². The molecule has 2 atom stereocenters. The van der Waals surface area contributed by atoms with E-state index in [0.29, 0.717) is 6.42 Å². The molecule has 0 aliphatic carbocycles. The van der Waals surface area contributed by atoms with Crippen LogP contribution in [0.5, 0.6) is 0 Å². The lowest BCUT2D eigenvalue weighted by Gasteiger charge is -2.33. The van der Waals surface area contributed by atoms with E-state index in [0.717, 1.165) is 10.6 Å². The second-order valence-electron chi connectivity index (χ2n) is 5.08. The number of carbonyl (C=O) groups excluding carboxylic acids is 2. The topological polar surface area (TPSA) is 95.9 Å². The Hall–Kier alpha value is -2.41. The molecule has 0 spiro atoms. The van der Waals surface area contributed by atoms with Gasteiger partial charge in [-0.2, -0.15) is 0 Å². The average molecular weight is 306 g/mol. The average Bonchev–Trinajstić information content (AvgIpc) is 2.49. The van der Waals surface area contributed by atoms with Gasteiger partial charge in [0.25, 0.3) is 5.91 Å². The van der Waals surface area contributed by atoms with Crippen LogP contribution >= 0.6 is 0 Å². The molecule has 2 N–H and O–H groups in total. The summed E-state index contributed by atoms with van der Waals surface area (Å²) in [6, 6.07) is 7.31. The molecular formula is C15H18N2O5. The summed E-state index contributed by atoms with van der Waals surface area (Å²) in [6.45, 7) is 1.54. The summed E-state index contributed by atoms with van der Waals surface area (Å²) in [6.07, 6.45) is 0.488. The number of amides is 2. The van der Waals surface area contributed by atoms with Crippen molar-refractivity contribution in [2.24, 2.45) is 0 Å². The van der Waals surface area contributed by atoms with Crippen molar-refractivity contribution in [2.45, 2.75) is 31.8 Å². The lowest BCUT2D eigenvalue weighted by atomic mass is 10.1. The Morgan fingerprint density at radius 2 is 2.09 bits per heavy atom. The Morgan fingerprint density at radius 3 is 2.73 bits per heavy atom. The number of hydrogen-bond donors (Lipinski definition) is 2. The third kappa shape index (κ3) is 3.82. The Balaban J connectivity index is 1.95. The van der Waals surface area contributed by atoms with E-state index >= 15 is 0 Å². The maximum absolute atomic E-state index is 12.2. The first kappa shape index (κ1) is 16.0. The molecule has 1 aromatic rings. The zero-order valence-corrected chi connectivity index (χ0v) is 12.2. The molecule has 1 aromatic carbocycles. The van der Waals surface area contributed by atoms with Gasteiger partial charge >= 0.3 is 5.97 Å². The van der Waals surface area contributed by atoms with Gasteiger partial charge in [-0.25, -0.2) is 9.86 Å². The van der Waals surface area contributed by atoms with E-state index in [1.807, 2.05) is 30.3 Å². The van der Waals surface area contributed by atoms with Crippen LogP contribution in [0.4, 0.5) is 0 Å². The molecule has 0 aromatic heterocycles. The minimum absolute atomic E-state index is 0.167. The molecule has 2 rings (SSSR count). The number of carbonyl (C=O) groups is 3. The summed E-state index contributed by atoms with van der Waals surface area (Å²) in [7, 11) is 0. The van der Waals surface area contributed by atoms with Crippen LogP contribution < -0.4 is 5.32 Å². The van der Waals surface area contributed by atoms with Crippen LogP contribution in [0.2, 0.25) is 0 Å². The Morgan fingerprint density at radius 1 is 1.41 bits per heavy atom. The zero-order chi connectivity index (χ0) is 16.1. The fraction of sp³-hybridized carbons (Fsp3) is 0.400. The Kier molecular flexibility index (Phi) is 5.11. The van der Waals surface area contributed by atoms with Crippen molar-refractivity contribution in [3.8, 4) is 0 Å². The van der Waals surface area contributed by atoms with E-state index < -0.39 is 24.0 Å². The van der Waals surface area contributed by atoms with E-state index in [9.17, 15) is 14.4 Å². The van der Waals surface area contributed by atoms with Crippen LogP contribution in [0.15, 0.2) is 30.3 Å². The summed E-state index contributed by atoms with van der Waals surface area (Å²) >= 11 is 0.